The molecule has 0 saturated carbocycles. The van der Waals surface area contributed by atoms with E-state index in [0.29, 0.717) is 17.5 Å². The molecule has 3 heterocycles. The minimum atomic E-state index is 0.185. The van der Waals surface area contributed by atoms with E-state index in [4.69, 9.17) is 11.6 Å². The van der Waals surface area contributed by atoms with Crippen molar-refractivity contribution < 1.29 is 4.79 Å². The van der Waals surface area contributed by atoms with E-state index in [2.05, 4.69) is 17.0 Å². The lowest BCUT2D eigenvalue weighted by molar-refractivity contribution is -0.134. The van der Waals surface area contributed by atoms with Crippen molar-refractivity contribution in [3.05, 3.63) is 27.5 Å². The van der Waals surface area contributed by atoms with Crippen LogP contribution in [0.4, 0.5) is 0 Å². The Morgan fingerprint density at radius 1 is 1.42 bits per heavy atom. The number of carbonyl (C=O) groups is 1. The number of rotatable bonds is 4. The Morgan fingerprint density at radius 3 is 2.88 bits per heavy atom. The minimum absolute atomic E-state index is 0.185. The van der Waals surface area contributed by atoms with Gasteiger partial charge in [0.25, 0.3) is 0 Å². The summed E-state index contributed by atoms with van der Waals surface area (Å²) in [6.07, 6.45) is 4.84. The minimum Gasteiger partial charge on any atom is -0.339 e. The number of carbonyl (C=O) groups excluding carboxylic acids is 1. The molecular formula is C17H23ClN4OS. The molecule has 2 aromatic heterocycles. The van der Waals surface area contributed by atoms with Crippen LogP contribution in [0.3, 0.4) is 0 Å². The molecule has 0 unspecified atom stereocenters. The lowest BCUT2D eigenvalue weighted by Gasteiger charge is -2.35. The highest BCUT2D eigenvalue weighted by molar-refractivity contribution is 7.12. The molecular weight excluding hydrogens is 344 g/mol. The molecule has 0 bridgehead atoms. The topological polar surface area (TPSA) is 51.0 Å². The predicted molar refractivity (Wildman–Crippen MR) is 97.1 cm³/mol. The van der Waals surface area contributed by atoms with Crippen LogP contribution in [0.2, 0.25) is 5.02 Å². The zero-order chi connectivity index (χ0) is 17.3. The second kappa shape index (κ2) is 7.23. The zero-order valence-electron chi connectivity index (χ0n) is 14.4. The van der Waals surface area contributed by atoms with Gasteiger partial charge >= 0.3 is 0 Å². The lowest BCUT2D eigenvalue weighted by atomic mass is 9.99. The largest absolute Gasteiger partial charge is 0.339 e. The Hall–Kier alpha value is -1.40. The molecule has 0 aromatic carbocycles. The van der Waals surface area contributed by atoms with Crippen molar-refractivity contribution in [3.63, 3.8) is 0 Å². The molecule has 24 heavy (non-hydrogen) atoms. The summed E-state index contributed by atoms with van der Waals surface area (Å²) in [4.78, 5) is 19.3. The number of aromatic nitrogens is 3. The average molecular weight is 367 g/mol. The fraction of sp³-hybridized carbons (Fsp3) is 0.588. The van der Waals surface area contributed by atoms with Crippen LogP contribution >= 0.6 is 22.9 Å². The van der Waals surface area contributed by atoms with Gasteiger partial charge in [0, 0.05) is 18.0 Å². The van der Waals surface area contributed by atoms with Gasteiger partial charge < -0.3 is 4.90 Å². The highest BCUT2D eigenvalue weighted by Crippen LogP contribution is 2.25. The summed E-state index contributed by atoms with van der Waals surface area (Å²) in [6.45, 7) is 6.84. The highest BCUT2D eigenvalue weighted by Gasteiger charge is 2.26. The van der Waals surface area contributed by atoms with E-state index in [1.54, 1.807) is 4.68 Å². The van der Waals surface area contributed by atoms with Gasteiger partial charge in [0.1, 0.15) is 0 Å². The maximum absolute atomic E-state index is 12.7. The Balaban J connectivity index is 1.74. The summed E-state index contributed by atoms with van der Waals surface area (Å²) in [7, 11) is 0. The summed E-state index contributed by atoms with van der Waals surface area (Å²) in [5.74, 6) is 0.185. The van der Waals surface area contributed by atoms with Crippen LogP contribution in [0, 0.1) is 13.8 Å². The molecule has 1 amide bonds. The van der Waals surface area contributed by atoms with Gasteiger partial charge in [-0.3, -0.25) is 4.79 Å². The van der Waals surface area contributed by atoms with Gasteiger partial charge in [-0.2, -0.15) is 5.10 Å². The molecule has 130 valence electrons. The molecule has 0 radical (unpaired) electrons. The first-order chi connectivity index (χ1) is 11.5. The number of hydrogen-bond donors (Lipinski definition) is 0. The van der Waals surface area contributed by atoms with Gasteiger partial charge in [-0.05, 0) is 39.5 Å². The van der Waals surface area contributed by atoms with E-state index in [-0.39, 0.29) is 5.91 Å². The number of piperidine rings is 1. The predicted octanol–water partition coefficient (Wildman–Crippen LogP) is 3.93. The quantitative estimate of drug-likeness (QED) is 0.823. The monoisotopic (exact) mass is 366 g/mol. The van der Waals surface area contributed by atoms with Gasteiger partial charge in [0.15, 0.2) is 0 Å². The smallest absolute Gasteiger partial charge is 0.228 e. The SMILES string of the molecule is CC[C@@H]1CCCCN1C(=O)Cc1csc(-n2nc(C)c(Cl)c2C)n1. The number of hydrogen-bond acceptors (Lipinski definition) is 4. The van der Waals surface area contributed by atoms with Crippen LogP contribution in [-0.4, -0.2) is 38.2 Å². The lowest BCUT2D eigenvalue weighted by Crippen LogP contribution is -2.44. The first kappa shape index (κ1) is 17.4. The second-order valence-electron chi connectivity index (χ2n) is 6.34. The zero-order valence-corrected chi connectivity index (χ0v) is 16.0. The van der Waals surface area contributed by atoms with Crippen LogP contribution in [0.1, 0.15) is 49.7 Å². The Bertz CT molecular complexity index is 739. The molecule has 1 aliphatic rings. The summed E-state index contributed by atoms with van der Waals surface area (Å²) in [6, 6.07) is 0.388. The van der Waals surface area contributed by atoms with Crippen molar-refractivity contribution in [2.75, 3.05) is 6.54 Å². The second-order valence-corrected chi connectivity index (χ2v) is 7.55. The third kappa shape index (κ3) is 3.35. The molecule has 1 fully saturated rings. The summed E-state index contributed by atoms with van der Waals surface area (Å²) in [5.41, 5.74) is 2.48. The first-order valence-corrected chi connectivity index (χ1v) is 9.73. The number of amides is 1. The van der Waals surface area contributed by atoms with Gasteiger partial charge in [0.05, 0.1) is 28.5 Å². The molecule has 1 saturated heterocycles. The Kier molecular flexibility index (Phi) is 5.25. The van der Waals surface area contributed by atoms with E-state index in [1.165, 1.54) is 17.8 Å². The van der Waals surface area contributed by atoms with Crippen molar-refractivity contribution in [3.8, 4) is 5.13 Å². The molecule has 7 heteroatoms. The van der Waals surface area contributed by atoms with E-state index in [0.717, 1.165) is 48.0 Å². The van der Waals surface area contributed by atoms with Gasteiger partial charge in [0.2, 0.25) is 11.0 Å². The van der Waals surface area contributed by atoms with Gasteiger partial charge in [-0.1, -0.05) is 18.5 Å². The van der Waals surface area contributed by atoms with Crippen molar-refractivity contribution in [2.24, 2.45) is 0 Å². The van der Waals surface area contributed by atoms with Crippen LogP contribution in [0.25, 0.3) is 5.13 Å². The molecule has 0 N–H and O–H groups in total. The maximum Gasteiger partial charge on any atom is 0.228 e. The van der Waals surface area contributed by atoms with Crippen molar-refractivity contribution >= 4 is 28.8 Å². The van der Waals surface area contributed by atoms with Crippen LogP contribution in [-0.2, 0) is 11.2 Å². The van der Waals surface area contributed by atoms with Crippen LogP contribution < -0.4 is 0 Å². The van der Waals surface area contributed by atoms with E-state index >= 15 is 0 Å². The molecule has 5 nitrogen and oxygen atoms in total. The standard InChI is InChI=1S/C17H23ClN4OS/c1-4-14-7-5-6-8-21(14)15(23)9-13-10-24-17(19-13)22-12(3)16(18)11(2)20-22/h10,14H,4-9H2,1-3H3/t14-/m1/s1. The fourth-order valence-corrected chi connectivity index (χ4v) is 4.24. The molecule has 2 aromatic rings. The van der Waals surface area contributed by atoms with Crippen molar-refractivity contribution in [1.82, 2.24) is 19.7 Å². The van der Waals surface area contributed by atoms with E-state index in [9.17, 15) is 4.79 Å². The number of aryl methyl sites for hydroxylation is 1. The van der Waals surface area contributed by atoms with Gasteiger partial charge in [-0.15, -0.1) is 11.3 Å². The Labute approximate surface area is 151 Å². The molecule has 3 rings (SSSR count). The van der Waals surface area contributed by atoms with Crippen molar-refractivity contribution in [2.45, 2.75) is 58.9 Å². The van der Waals surface area contributed by atoms with E-state index < -0.39 is 0 Å². The van der Waals surface area contributed by atoms with Crippen LogP contribution in [0.15, 0.2) is 5.38 Å². The van der Waals surface area contributed by atoms with Crippen molar-refractivity contribution in [1.29, 1.82) is 0 Å². The summed E-state index contributed by atoms with van der Waals surface area (Å²) >= 11 is 7.70. The van der Waals surface area contributed by atoms with Gasteiger partial charge in [-0.25, -0.2) is 9.67 Å². The highest BCUT2D eigenvalue weighted by atomic mass is 35.5. The molecule has 1 aliphatic heterocycles. The number of thiazole rings is 1. The average Bonchev–Trinajstić information content (AvgIpc) is 3.15. The normalized spacial score (nSPS) is 18.2. The number of likely N-dealkylation sites (tertiary alicyclic amines) is 1. The van der Waals surface area contributed by atoms with E-state index in [1.807, 2.05) is 24.1 Å². The molecule has 0 aliphatic carbocycles. The summed E-state index contributed by atoms with van der Waals surface area (Å²) in [5, 5.41) is 7.80. The fourth-order valence-electron chi connectivity index (χ4n) is 3.29. The first-order valence-electron chi connectivity index (χ1n) is 8.47. The number of halogens is 1. The molecule has 1 atom stereocenters. The number of nitrogens with zero attached hydrogens (tertiary/aromatic N) is 4. The maximum atomic E-state index is 12.7. The van der Waals surface area contributed by atoms with Crippen LogP contribution in [0.5, 0.6) is 0 Å². The summed E-state index contributed by atoms with van der Waals surface area (Å²) < 4.78 is 1.76. The molecule has 0 spiro atoms. The Morgan fingerprint density at radius 2 is 2.21 bits per heavy atom. The third-order valence-electron chi connectivity index (χ3n) is 4.67. The third-order valence-corrected chi connectivity index (χ3v) is 6.09.